The van der Waals surface area contributed by atoms with Crippen LogP contribution >= 0.6 is 0 Å². The van der Waals surface area contributed by atoms with Crippen LogP contribution in [0, 0.1) is 0 Å². The molecule has 0 radical (unpaired) electrons. The van der Waals surface area contributed by atoms with E-state index in [2.05, 4.69) is 15.4 Å². The molecule has 1 amide bonds. The van der Waals surface area contributed by atoms with Crippen molar-refractivity contribution in [3.8, 4) is 11.1 Å². The second-order valence-electron chi connectivity index (χ2n) is 7.89. The molecule has 0 bridgehead atoms. The van der Waals surface area contributed by atoms with Crippen molar-refractivity contribution in [2.24, 2.45) is 7.05 Å². The van der Waals surface area contributed by atoms with Gasteiger partial charge >= 0.3 is 0 Å². The first kappa shape index (κ1) is 20.9. The Hall–Kier alpha value is -3.39. The molecule has 0 saturated carbocycles. The molecule has 0 unspecified atom stereocenters. The molecule has 1 aliphatic rings. The van der Waals surface area contributed by atoms with Crippen LogP contribution in [-0.4, -0.2) is 38.0 Å². The van der Waals surface area contributed by atoms with Crippen molar-refractivity contribution in [2.45, 2.75) is 25.9 Å². The number of carbonyl (C=O) groups excluding carboxylic acids is 1. The first-order valence-corrected chi connectivity index (χ1v) is 9.91. The average molecular weight is 423 g/mol. The number of aromatic nitrogens is 3. The second-order valence-corrected chi connectivity index (χ2v) is 7.89. The first-order valence-electron chi connectivity index (χ1n) is 9.91. The molecule has 2 aromatic heterocycles. The van der Waals surface area contributed by atoms with Crippen LogP contribution < -0.4 is 5.32 Å². The zero-order chi connectivity index (χ0) is 22.0. The smallest absolute Gasteiger partial charge is 0.257 e. The summed E-state index contributed by atoms with van der Waals surface area (Å²) in [5, 5.41) is 7.03. The molecule has 1 N–H and O–H groups in total. The van der Waals surface area contributed by atoms with E-state index in [1.54, 1.807) is 40.3 Å². The van der Waals surface area contributed by atoms with E-state index in [9.17, 15) is 13.6 Å². The quantitative estimate of drug-likeness (QED) is 0.607. The van der Waals surface area contributed by atoms with Crippen LogP contribution in [0.3, 0.4) is 0 Å². The highest BCUT2D eigenvalue weighted by atomic mass is 19.3. The van der Waals surface area contributed by atoms with Crippen molar-refractivity contribution in [1.82, 2.24) is 19.7 Å². The Morgan fingerprint density at radius 3 is 2.77 bits per heavy atom. The van der Waals surface area contributed by atoms with Crippen LogP contribution in [0.15, 0.2) is 55.1 Å². The van der Waals surface area contributed by atoms with Gasteiger partial charge in [-0.1, -0.05) is 6.07 Å². The molecule has 6 nitrogen and oxygen atoms in total. The Labute approximate surface area is 179 Å². The molecule has 0 atom stereocenters. The second kappa shape index (κ2) is 8.39. The van der Waals surface area contributed by atoms with Crippen molar-refractivity contribution in [3.63, 3.8) is 0 Å². The van der Waals surface area contributed by atoms with Gasteiger partial charge in [-0.2, -0.15) is 5.10 Å². The largest absolute Gasteiger partial charge is 0.323 e. The molecular weight excluding hydrogens is 400 g/mol. The van der Waals surface area contributed by atoms with Gasteiger partial charge in [-0.15, -0.1) is 0 Å². The maximum Gasteiger partial charge on any atom is 0.257 e. The van der Waals surface area contributed by atoms with E-state index in [4.69, 9.17) is 0 Å². The molecule has 1 aliphatic heterocycles. The van der Waals surface area contributed by atoms with Gasteiger partial charge in [0.05, 0.1) is 12.7 Å². The Morgan fingerprint density at radius 1 is 1.23 bits per heavy atom. The Kier molecular flexibility index (Phi) is 5.65. The highest BCUT2D eigenvalue weighted by Gasteiger charge is 2.29. The Morgan fingerprint density at radius 2 is 2.03 bits per heavy atom. The van der Waals surface area contributed by atoms with E-state index >= 15 is 0 Å². The monoisotopic (exact) mass is 423 g/mol. The lowest BCUT2D eigenvalue weighted by Crippen LogP contribution is -2.30. The SMILES string of the molecule is Cn1cc(-c2ccncc2C=CC(=O)Nc2ccc3c(c2)CN(CC(C)(F)F)C3)cn1. The van der Waals surface area contributed by atoms with E-state index < -0.39 is 5.92 Å². The minimum atomic E-state index is -2.73. The Balaban J connectivity index is 1.43. The van der Waals surface area contributed by atoms with Crippen molar-refractivity contribution >= 4 is 17.7 Å². The van der Waals surface area contributed by atoms with Gasteiger partial charge in [0.15, 0.2) is 0 Å². The number of pyridine rings is 1. The molecule has 31 heavy (non-hydrogen) atoms. The van der Waals surface area contributed by atoms with E-state index in [1.807, 2.05) is 31.4 Å². The Bertz CT molecular complexity index is 1130. The molecule has 0 saturated heterocycles. The molecule has 3 aromatic rings. The summed E-state index contributed by atoms with van der Waals surface area (Å²) in [5.41, 5.74) is 5.27. The highest BCUT2D eigenvalue weighted by Crippen LogP contribution is 2.28. The van der Waals surface area contributed by atoms with Gasteiger partial charge in [-0.3, -0.25) is 19.4 Å². The summed E-state index contributed by atoms with van der Waals surface area (Å²) in [4.78, 5) is 18.3. The van der Waals surface area contributed by atoms with Gasteiger partial charge in [-0.05, 0) is 41.0 Å². The number of nitrogens with zero attached hydrogens (tertiary/aromatic N) is 4. The van der Waals surface area contributed by atoms with Gasteiger partial charge < -0.3 is 5.32 Å². The molecule has 8 heteroatoms. The zero-order valence-electron chi connectivity index (χ0n) is 17.3. The van der Waals surface area contributed by atoms with E-state index in [0.29, 0.717) is 18.8 Å². The van der Waals surface area contributed by atoms with Gasteiger partial charge in [0, 0.05) is 68.5 Å². The standard InChI is InChI=1S/C23H23F2N5O/c1-23(24,25)15-30-13-17-3-5-20(9-18(17)14-30)28-22(31)6-4-16-10-26-8-7-21(16)19-11-27-29(2)12-19/h3-12H,13-15H2,1-2H3,(H,28,31). The lowest BCUT2D eigenvalue weighted by atomic mass is 10.0. The number of nitrogens with one attached hydrogen (secondary N) is 1. The average Bonchev–Trinajstić information content (AvgIpc) is 3.30. The molecule has 4 rings (SSSR count). The van der Waals surface area contributed by atoms with Crippen LogP contribution in [-0.2, 0) is 24.9 Å². The first-order chi connectivity index (χ1) is 14.8. The number of alkyl halides is 2. The number of carbonyl (C=O) groups is 1. The van der Waals surface area contributed by atoms with Gasteiger partial charge in [0.25, 0.3) is 5.92 Å². The number of aryl methyl sites for hydroxylation is 1. The van der Waals surface area contributed by atoms with Crippen LogP contribution in [0.2, 0.25) is 0 Å². The third-order valence-corrected chi connectivity index (χ3v) is 5.04. The number of amides is 1. The van der Waals surface area contributed by atoms with Crippen LogP contribution in [0.4, 0.5) is 14.5 Å². The fourth-order valence-corrected chi connectivity index (χ4v) is 3.76. The molecule has 3 heterocycles. The summed E-state index contributed by atoms with van der Waals surface area (Å²) < 4.78 is 28.3. The normalized spacial score (nSPS) is 14.2. The van der Waals surface area contributed by atoms with E-state index in [1.165, 1.54) is 6.08 Å². The number of fused-ring (bicyclic) bond motifs is 1. The van der Waals surface area contributed by atoms with Crippen LogP contribution in [0.1, 0.15) is 23.6 Å². The van der Waals surface area contributed by atoms with Crippen molar-refractivity contribution < 1.29 is 13.6 Å². The van der Waals surface area contributed by atoms with E-state index in [-0.39, 0.29) is 12.5 Å². The topological polar surface area (TPSA) is 63.1 Å². The molecule has 160 valence electrons. The fourth-order valence-electron chi connectivity index (χ4n) is 3.76. The summed E-state index contributed by atoms with van der Waals surface area (Å²) in [7, 11) is 1.84. The van der Waals surface area contributed by atoms with Crippen molar-refractivity contribution in [3.05, 3.63) is 71.8 Å². The highest BCUT2D eigenvalue weighted by molar-refractivity contribution is 6.02. The molecule has 0 fully saturated rings. The number of hydrogen-bond donors (Lipinski definition) is 1. The number of hydrogen-bond acceptors (Lipinski definition) is 4. The number of anilines is 1. The minimum absolute atomic E-state index is 0.281. The summed E-state index contributed by atoms with van der Waals surface area (Å²) in [5.74, 6) is -3.01. The molecule has 1 aromatic carbocycles. The summed E-state index contributed by atoms with van der Waals surface area (Å²) >= 11 is 0. The number of halogens is 2. The maximum absolute atomic E-state index is 13.3. The van der Waals surface area contributed by atoms with Gasteiger partial charge in [0.2, 0.25) is 5.91 Å². The summed E-state index contributed by atoms with van der Waals surface area (Å²) in [6.45, 7) is 1.58. The van der Waals surface area contributed by atoms with Crippen molar-refractivity contribution in [1.29, 1.82) is 0 Å². The van der Waals surface area contributed by atoms with E-state index in [0.717, 1.165) is 34.7 Å². The van der Waals surface area contributed by atoms with Gasteiger partial charge in [-0.25, -0.2) is 8.78 Å². The zero-order valence-corrected chi connectivity index (χ0v) is 17.3. The van der Waals surface area contributed by atoms with Crippen molar-refractivity contribution in [2.75, 3.05) is 11.9 Å². The lowest BCUT2D eigenvalue weighted by molar-refractivity contribution is -0.111. The third-order valence-electron chi connectivity index (χ3n) is 5.04. The maximum atomic E-state index is 13.3. The predicted octanol–water partition coefficient (Wildman–Crippen LogP) is 4.10. The van der Waals surface area contributed by atoms with Crippen LogP contribution in [0.25, 0.3) is 17.2 Å². The summed E-state index contributed by atoms with van der Waals surface area (Å²) in [6, 6.07) is 7.40. The number of rotatable bonds is 6. The summed E-state index contributed by atoms with van der Waals surface area (Å²) in [6.07, 6.45) is 10.2. The minimum Gasteiger partial charge on any atom is -0.323 e. The molecule has 0 aliphatic carbocycles. The lowest BCUT2D eigenvalue weighted by Gasteiger charge is -2.19. The van der Waals surface area contributed by atoms with Gasteiger partial charge in [0.1, 0.15) is 0 Å². The molecular formula is C23H23F2N5O. The fraction of sp³-hybridized carbons (Fsp3) is 0.261. The van der Waals surface area contributed by atoms with Crippen LogP contribution in [0.5, 0.6) is 0 Å². The third kappa shape index (κ3) is 5.21. The predicted molar refractivity (Wildman–Crippen MR) is 115 cm³/mol. The number of benzene rings is 1. The molecule has 0 spiro atoms.